The van der Waals surface area contributed by atoms with Gasteiger partial charge in [-0.15, -0.1) is 0 Å². The SMILES string of the molecule is O=C(NCCNC(=O)c1ccncc1)/C(=N\O)c1ccccc1. The molecule has 0 aliphatic rings. The zero-order valence-electron chi connectivity index (χ0n) is 12.3. The molecule has 7 nitrogen and oxygen atoms in total. The Morgan fingerprint density at radius 3 is 2.26 bits per heavy atom. The lowest BCUT2D eigenvalue weighted by molar-refractivity contribution is -0.114. The van der Waals surface area contributed by atoms with Crippen molar-refractivity contribution in [2.45, 2.75) is 0 Å². The highest BCUT2D eigenvalue weighted by Crippen LogP contribution is 2.01. The van der Waals surface area contributed by atoms with E-state index in [1.807, 2.05) is 0 Å². The Hall–Kier alpha value is -3.22. The van der Waals surface area contributed by atoms with Crippen molar-refractivity contribution in [2.24, 2.45) is 5.16 Å². The van der Waals surface area contributed by atoms with E-state index in [1.54, 1.807) is 42.5 Å². The zero-order chi connectivity index (χ0) is 16.5. The van der Waals surface area contributed by atoms with Crippen molar-refractivity contribution in [3.8, 4) is 0 Å². The van der Waals surface area contributed by atoms with Crippen molar-refractivity contribution >= 4 is 17.5 Å². The molecule has 7 heteroatoms. The fourth-order valence-electron chi connectivity index (χ4n) is 1.87. The molecule has 2 amide bonds. The molecule has 0 atom stereocenters. The molecule has 1 aromatic carbocycles. The predicted octanol–water partition coefficient (Wildman–Crippen LogP) is 0.806. The minimum atomic E-state index is -0.517. The molecule has 0 saturated carbocycles. The van der Waals surface area contributed by atoms with E-state index in [2.05, 4.69) is 20.8 Å². The van der Waals surface area contributed by atoms with Crippen LogP contribution in [-0.2, 0) is 4.79 Å². The van der Waals surface area contributed by atoms with E-state index in [9.17, 15) is 9.59 Å². The third-order valence-electron chi connectivity index (χ3n) is 3.00. The smallest absolute Gasteiger partial charge is 0.274 e. The maximum absolute atomic E-state index is 12.0. The molecule has 0 aliphatic heterocycles. The number of pyridine rings is 1. The van der Waals surface area contributed by atoms with E-state index in [1.165, 1.54) is 12.4 Å². The topological polar surface area (TPSA) is 104 Å². The number of nitrogens with one attached hydrogen (secondary N) is 2. The van der Waals surface area contributed by atoms with Gasteiger partial charge in [0.05, 0.1) is 0 Å². The quantitative estimate of drug-likeness (QED) is 0.318. The second kappa shape index (κ2) is 8.28. The lowest BCUT2D eigenvalue weighted by atomic mass is 10.1. The summed E-state index contributed by atoms with van der Waals surface area (Å²) >= 11 is 0. The van der Waals surface area contributed by atoms with Gasteiger partial charge in [-0.2, -0.15) is 0 Å². The van der Waals surface area contributed by atoms with Crippen LogP contribution in [0.2, 0.25) is 0 Å². The number of rotatable bonds is 6. The summed E-state index contributed by atoms with van der Waals surface area (Å²) in [6, 6.07) is 11.8. The van der Waals surface area contributed by atoms with Crippen LogP contribution in [0.1, 0.15) is 15.9 Å². The van der Waals surface area contributed by atoms with Gasteiger partial charge in [0.2, 0.25) is 0 Å². The Labute approximate surface area is 133 Å². The first-order chi connectivity index (χ1) is 11.2. The summed E-state index contributed by atoms with van der Waals surface area (Å²) in [4.78, 5) is 27.6. The highest BCUT2D eigenvalue weighted by Gasteiger charge is 2.14. The number of oxime groups is 1. The predicted molar refractivity (Wildman–Crippen MR) is 84.3 cm³/mol. The van der Waals surface area contributed by atoms with Gasteiger partial charge in [-0.3, -0.25) is 14.6 Å². The average molecular weight is 312 g/mol. The molecule has 0 fully saturated rings. The number of amides is 2. The van der Waals surface area contributed by atoms with Crippen LogP contribution in [0.4, 0.5) is 0 Å². The van der Waals surface area contributed by atoms with Crippen molar-refractivity contribution in [1.82, 2.24) is 15.6 Å². The molecular weight excluding hydrogens is 296 g/mol. The Bertz CT molecular complexity index is 687. The Balaban J connectivity index is 1.80. The number of hydrogen-bond acceptors (Lipinski definition) is 5. The minimum Gasteiger partial charge on any atom is -0.410 e. The van der Waals surface area contributed by atoms with E-state index >= 15 is 0 Å². The zero-order valence-corrected chi connectivity index (χ0v) is 12.3. The van der Waals surface area contributed by atoms with Crippen molar-refractivity contribution in [3.05, 3.63) is 66.0 Å². The van der Waals surface area contributed by atoms with E-state index in [0.29, 0.717) is 11.1 Å². The highest BCUT2D eigenvalue weighted by atomic mass is 16.4. The first-order valence-corrected chi connectivity index (χ1v) is 6.96. The molecule has 1 aromatic heterocycles. The molecule has 118 valence electrons. The Morgan fingerprint density at radius 1 is 0.957 bits per heavy atom. The molecule has 0 radical (unpaired) electrons. The number of benzene rings is 1. The van der Waals surface area contributed by atoms with Crippen LogP contribution >= 0.6 is 0 Å². The van der Waals surface area contributed by atoms with Crippen LogP contribution < -0.4 is 10.6 Å². The van der Waals surface area contributed by atoms with E-state index < -0.39 is 5.91 Å². The van der Waals surface area contributed by atoms with Gasteiger partial charge in [0.15, 0.2) is 5.71 Å². The van der Waals surface area contributed by atoms with Gasteiger partial charge in [0.1, 0.15) is 0 Å². The summed E-state index contributed by atoms with van der Waals surface area (Å²) < 4.78 is 0. The van der Waals surface area contributed by atoms with Crippen molar-refractivity contribution < 1.29 is 14.8 Å². The summed E-state index contributed by atoms with van der Waals surface area (Å²) in [5.74, 6) is -0.766. The first-order valence-electron chi connectivity index (χ1n) is 6.96. The second-order valence-corrected chi connectivity index (χ2v) is 4.56. The van der Waals surface area contributed by atoms with Gasteiger partial charge in [-0.1, -0.05) is 35.5 Å². The summed E-state index contributed by atoms with van der Waals surface area (Å²) in [7, 11) is 0. The normalized spacial score (nSPS) is 10.9. The molecule has 0 aliphatic carbocycles. The molecule has 0 bridgehead atoms. The third kappa shape index (κ3) is 4.63. The minimum absolute atomic E-state index is 0.0777. The molecule has 23 heavy (non-hydrogen) atoms. The van der Waals surface area contributed by atoms with Gasteiger partial charge >= 0.3 is 0 Å². The van der Waals surface area contributed by atoms with E-state index in [0.717, 1.165) is 0 Å². The van der Waals surface area contributed by atoms with Gasteiger partial charge in [0, 0.05) is 36.6 Å². The Morgan fingerprint density at radius 2 is 1.61 bits per heavy atom. The van der Waals surface area contributed by atoms with Gasteiger partial charge in [0.25, 0.3) is 11.8 Å². The van der Waals surface area contributed by atoms with Crippen LogP contribution in [0.3, 0.4) is 0 Å². The van der Waals surface area contributed by atoms with Crippen molar-refractivity contribution in [2.75, 3.05) is 13.1 Å². The summed E-state index contributed by atoms with van der Waals surface area (Å²) in [6.45, 7) is 0.460. The number of carbonyl (C=O) groups is 2. The highest BCUT2D eigenvalue weighted by molar-refractivity contribution is 6.45. The molecule has 0 spiro atoms. The average Bonchev–Trinajstić information content (AvgIpc) is 2.61. The fourth-order valence-corrected chi connectivity index (χ4v) is 1.87. The summed E-state index contributed by atoms with van der Waals surface area (Å²) in [5, 5.41) is 17.3. The Kier molecular flexibility index (Phi) is 5.81. The van der Waals surface area contributed by atoms with Gasteiger partial charge in [-0.25, -0.2) is 0 Å². The summed E-state index contributed by atoms with van der Waals surface area (Å²) in [5.41, 5.74) is 0.924. The van der Waals surface area contributed by atoms with Crippen molar-refractivity contribution in [3.63, 3.8) is 0 Å². The maximum Gasteiger partial charge on any atom is 0.274 e. The third-order valence-corrected chi connectivity index (χ3v) is 3.00. The van der Waals surface area contributed by atoms with Gasteiger partial charge < -0.3 is 15.8 Å². The molecule has 2 rings (SSSR count). The number of carbonyl (C=O) groups excluding carboxylic acids is 2. The molecule has 0 unspecified atom stereocenters. The van der Waals surface area contributed by atoms with Crippen molar-refractivity contribution in [1.29, 1.82) is 0 Å². The van der Waals surface area contributed by atoms with Crippen LogP contribution in [0.15, 0.2) is 60.0 Å². The standard InChI is InChI=1S/C16H16N4O3/c21-15(13-6-8-17-9-7-13)18-10-11-19-16(22)14(20-23)12-4-2-1-3-5-12/h1-9,23H,10-11H2,(H,18,21)(H,19,22)/b20-14-. The first kappa shape index (κ1) is 16.2. The largest absolute Gasteiger partial charge is 0.410 e. The number of nitrogens with zero attached hydrogens (tertiary/aromatic N) is 2. The molecule has 1 heterocycles. The molecular formula is C16H16N4O3. The number of aromatic nitrogens is 1. The number of hydrogen-bond donors (Lipinski definition) is 3. The van der Waals surface area contributed by atoms with Crippen LogP contribution in [0.5, 0.6) is 0 Å². The van der Waals surface area contributed by atoms with Crippen LogP contribution in [0.25, 0.3) is 0 Å². The van der Waals surface area contributed by atoms with Crippen LogP contribution in [0, 0.1) is 0 Å². The lowest BCUT2D eigenvalue weighted by Crippen LogP contribution is -2.38. The molecule has 0 saturated heterocycles. The van der Waals surface area contributed by atoms with E-state index in [4.69, 9.17) is 5.21 Å². The molecule has 3 N–H and O–H groups in total. The second-order valence-electron chi connectivity index (χ2n) is 4.56. The fraction of sp³-hybridized carbons (Fsp3) is 0.125. The van der Waals surface area contributed by atoms with E-state index in [-0.39, 0.29) is 24.7 Å². The monoisotopic (exact) mass is 312 g/mol. The molecule has 2 aromatic rings. The summed E-state index contributed by atoms with van der Waals surface area (Å²) in [6.07, 6.45) is 3.06. The van der Waals surface area contributed by atoms with Gasteiger partial charge in [-0.05, 0) is 12.1 Å². The lowest BCUT2D eigenvalue weighted by Gasteiger charge is -2.08. The van der Waals surface area contributed by atoms with Crippen LogP contribution in [-0.4, -0.2) is 40.8 Å². The maximum atomic E-state index is 12.0.